The van der Waals surface area contributed by atoms with Crippen molar-refractivity contribution in [1.29, 1.82) is 0 Å². The topological polar surface area (TPSA) is 64.7 Å². The van der Waals surface area contributed by atoms with E-state index in [1.807, 2.05) is 6.92 Å². The third-order valence-corrected chi connectivity index (χ3v) is 4.71. The summed E-state index contributed by atoms with van der Waals surface area (Å²) >= 11 is 1.76. The van der Waals surface area contributed by atoms with Crippen LogP contribution >= 0.6 is 11.3 Å². The van der Waals surface area contributed by atoms with E-state index in [0.717, 1.165) is 23.4 Å². The quantitative estimate of drug-likeness (QED) is 0.867. The summed E-state index contributed by atoms with van der Waals surface area (Å²) in [6, 6.07) is 0. The Bertz CT molecular complexity index is 566. The zero-order valence-corrected chi connectivity index (χ0v) is 12.0. The number of rotatable bonds is 1. The molecule has 1 aliphatic carbocycles. The van der Waals surface area contributed by atoms with Crippen LogP contribution in [0.2, 0.25) is 0 Å². The first kappa shape index (κ1) is 12.5. The van der Waals surface area contributed by atoms with Gasteiger partial charge in [-0.2, -0.15) is 0 Å². The molecule has 0 aliphatic heterocycles. The van der Waals surface area contributed by atoms with Crippen molar-refractivity contribution in [3.63, 3.8) is 0 Å². The molecule has 0 saturated heterocycles. The molecule has 0 fully saturated rings. The molecule has 0 bridgehead atoms. The van der Waals surface area contributed by atoms with E-state index in [9.17, 15) is 0 Å². The lowest BCUT2D eigenvalue weighted by atomic mass is 10.0. The van der Waals surface area contributed by atoms with Gasteiger partial charge in [0.25, 0.3) is 0 Å². The average Bonchev–Trinajstić information content (AvgIpc) is 2.71. The second-order valence-corrected chi connectivity index (χ2v) is 6.10. The molecule has 0 aromatic carbocycles. The van der Waals surface area contributed by atoms with E-state index in [1.165, 1.54) is 36.3 Å². The van der Waals surface area contributed by atoms with Crippen molar-refractivity contribution in [2.45, 2.75) is 45.4 Å². The SMILES string of the molecule is Cc1ncc(-c2nc3c(s2)CCCCCC3)c(N)n1. The Hall–Kier alpha value is -1.49. The van der Waals surface area contributed by atoms with Gasteiger partial charge >= 0.3 is 0 Å². The highest BCUT2D eigenvalue weighted by atomic mass is 32.1. The van der Waals surface area contributed by atoms with Gasteiger partial charge in [0, 0.05) is 11.1 Å². The van der Waals surface area contributed by atoms with Gasteiger partial charge in [-0.05, 0) is 32.6 Å². The van der Waals surface area contributed by atoms with E-state index >= 15 is 0 Å². The molecule has 0 atom stereocenters. The zero-order valence-electron chi connectivity index (χ0n) is 11.1. The molecule has 2 aromatic rings. The Morgan fingerprint density at radius 3 is 2.68 bits per heavy atom. The molecule has 0 unspecified atom stereocenters. The second-order valence-electron chi connectivity index (χ2n) is 5.02. The molecule has 2 aromatic heterocycles. The van der Waals surface area contributed by atoms with Crippen molar-refractivity contribution >= 4 is 17.2 Å². The molecular formula is C14H18N4S. The maximum Gasteiger partial charge on any atom is 0.137 e. The summed E-state index contributed by atoms with van der Waals surface area (Å²) < 4.78 is 0. The Labute approximate surface area is 117 Å². The van der Waals surface area contributed by atoms with Crippen LogP contribution in [0, 0.1) is 6.92 Å². The molecule has 0 amide bonds. The molecule has 19 heavy (non-hydrogen) atoms. The van der Waals surface area contributed by atoms with Crippen molar-refractivity contribution in [3.8, 4) is 10.6 Å². The van der Waals surface area contributed by atoms with Gasteiger partial charge in [-0.15, -0.1) is 11.3 Å². The van der Waals surface area contributed by atoms with Gasteiger partial charge in [-0.3, -0.25) is 0 Å². The van der Waals surface area contributed by atoms with E-state index in [2.05, 4.69) is 9.97 Å². The first-order valence-corrected chi connectivity index (χ1v) is 7.64. The van der Waals surface area contributed by atoms with Crippen LogP contribution in [0.15, 0.2) is 6.20 Å². The minimum absolute atomic E-state index is 0.536. The van der Waals surface area contributed by atoms with Crippen molar-refractivity contribution in [2.24, 2.45) is 0 Å². The Morgan fingerprint density at radius 1 is 1.11 bits per heavy atom. The molecule has 5 heteroatoms. The molecule has 100 valence electrons. The standard InChI is InChI=1S/C14H18N4S/c1-9-16-8-10(13(15)17-9)14-18-11-6-4-2-3-5-7-12(11)19-14/h8H,2-7H2,1H3,(H2,15,16,17). The highest BCUT2D eigenvalue weighted by molar-refractivity contribution is 7.15. The summed E-state index contributed by atoms with van der Waals surface area (Å²) in [7, 11) is 0. The average molecular weight is 274 g/mol. The van der Waals surface area contributed by atoms with Crippen molar-refractivity contribution in [3.05, 3.63) is 22.6 Å². The van der Waals surface area contributed by atoms with Crippen LogP contribution in [0.1, 0.15) is 42.1 Å². The Balaban J connectivity index is 1.99. The lowest BCUT2D eigenvalue weighted by Gasteiger charge is -2.06. The minimum atomic E-state index is 0.536. The number of anilines is 1. The molecular weight excluding hydrogens is 256 g/mol. The number of thiazole rings is 1. The molecule has 0 radical (unpaired) electrons. The molecule has 2 heterocycles. The maximum atomic E-state index is 5.99. The Kier molecular flexibility index (Phi) is 3.46. The summed E-state index contributed by atoms with van der Waals surface area (Å²) in [6.07, 6.45) is 9.22. The highest BCUT2D eigenvalue weighted by Gasteiger charge is 2.16. The van der Waals surface area contributed by atoms with Crippen LogP contribution in [-0.4, -0.2) is 15.0 Å². The lowest BCUT2D eigenvalue weighted by molar-refractivity contribution is 0.616. The van der Waals surface area contributed by atoms with Crippen LogP contribution in [0.3, 0.4) is 0 Å². The molecule has 4 nitrogen and oxygen atoms in total. The molecule has 0 spiro atoms. The first-order chi connectivity index (χ1) is 9.24. The number of aromatic nitrogens is 3. The summed E-state index contributed by atoms with van der Waals surface area (Å²) in [6.45, 7) is 1.85. The van der Waals surface area contributed by atoms with Crippen LogP contribution in [0.4, 0.5) is 5.82 Å². The summed E-state index contributed by atoms with van der Waals surface area (Å²) in [5, 5.41) is 0.976. The van der Waals surface area contributed by atoms with Crippen molar-refractivity contribution in [1.82, 2.24) is 15.0 Å². The van der Waals surface area contributed by atoms with E-state index in [-0.39, 0.29) is 0 Å². The van der Waals surface area contributed by atoms with Crippen molar-refractivity contribution in [2.75, 3.05) is 5.73 Å². The highest BCUT2D eigenvalue weighted by Crippen LogP contribution is 2.33. The number of fused-ring (bicyclic) bond motifs is 1. The van der Waals surface area contributed by atoms with Gasteiger partial charge in [-0.1, -0.05) is 12.8 Å². The van der Waals surface area contributed by atoms with E-state index in [0.29, 0.717) is 11.6 Å². The maximum absolute atomic E-state index is 5.99. The monoisotopic (exact) mass is 274 g/mol. The number of hydrogen-bond acceptors (Lipinski definition) is 5. The fraction of sp³-hybridized carbons (Fsp3) is 0.500. The van der Waals surface area contributed by atoms with Gasteiger partial charge in [0.1, 0.15) is 16.6 Å². The van der Waals surface area contributed by atoms with E-state index in [1.54, 1.807) is 17.5 Å². The van der Waals surface area contributed by atoms with Gasteiger partial charge in [-0.25, -0.2) is 15.0 Å². The predicted octanol–water partition coefficient (Wildman–Crippen LogP) is 3.15. The van der Waals surface area contributed by atoms with Crippen LogP contribution in [0.5, 0.6) is 0 Å². The molecule has 3 rings (SSSR count). The normalized spacial score (nSPS) is 15.6. The number of nitrogens with two attached hydrogens (primary N) is 1. The second kappa shape index (κ2) is 5.25. The molecule has 2 N–H and O–H groups in total. The first-order valence-electron chi connectivity index (χ1n) is 6.82. The smallest absolute Gasteiger partial charge is 0.137 e. The lowest BCUT2D eigenvalue weighted by Crippen LogP contribution is -1.98. The van der Waals surface area contributed by atoms with Gasteiger partial charge < -0.3 is 5.73 Å². The van der Waals surface area contributed by atoms with E-state index in [4.69, 9.17) is 10.7 Å². The minimum Gasteiger partial charge on any atom is -0.383 e. The number of nitrogens with zero attached hydrogens (tertiary/aromatic N) is 3. The Morgan fingerprint density at radius 2 is 1.89 bits per heavy atom. The van der Waals surface area contributed by atoms with Crippen molar-refractivity contribution < 1.29 is 0 Å². The summed E-state index contributed by atoms with van der Waals surface area (Å²) in [5.74, 6) is 1.24. The van der Waals surface area contributed by atoms with Gasteiger partial charge in [0.2, 0.25) is 0 Å². The number of hydrogen-bond donors (Lipinski definition) is 1. The van der Waals surface area contributed by atoms with E-state index < -0.39 is 0 Å². The largest absolute Gasteiger partial charge is 0.383 e. The predicted molar refractivity (Wildman–Crippen MR) is 78.2 cm³/mol. The zero-order chi connectivity index (χ0) is 13.2. The van der Waals surface area contributed by atoms with Gasteiger partial charge in [0.05, 0.1) is 11.3 Å². The summed E-state index contributed by atoms with van der Waals surface area (Å²) in [4.78, 5) is 14.7. The third kappa shape index (κ3) is 2.61. The van der Waals surface area contributed by atoms with Crippen LogP contribution in [-0.2, 0) is 12.8 Å². The van der Waals surface area contributed by atoms with Gasteiger partial charge in [0.15, 0.2) is 0 Å². The number of nitrogen functional groups attached to an aromatic ring is 1. The molecule has 1 aliphatic rings. The molecule has 0 saturated carbocycles. The fourth-order valence-corrected chi connectivity index (χ4v) is 3.64. The van der Waals surface area contributed by atoms with Crippen LogP contribution in [0.25, 0.3) is 10.6 Å². The number of aryl methyl sites for hydroxylation is 3. The summed E-state index contributed by atoms with van der Waals surface area (Å²) in [5.41, 5.74) is 8.13. The fourth-order valence-electron chi connectivity index (χ4n) is 2.47. The van der Waals surface area contributed by atoms with Crippen LogP contribution < -0.4 is 5.73 Å². The third-order valence-electron chi connectivity index (χ3n) is 3.51.